The predicted octanol–water partition coefficient (Wildman–Crippen LogP) is 3.10. The van der Waals surface area contributed by atoms with Gasteiger partial charge in [0, 0.05) is 5.69 Å². The van der Waals surface area contributed by atoms with E-state index in [0.29, 0.717) is 5.11 Å². The molecule has 0 saturated carbocycles. The summed E-state index contributed by atoms with van der Waals surface area (Å²) in [6.07, 6.45) is -0.605. The van der Waals surface area contributed by atoms with Crippen molar-refractivity contribution < 1.29 is 5.11 Å². The van der Waals surface area contributed by atoms with Gasteiger partial charge in [0.2, 0.25) is 0 Å². The van der Waals surface area contributed by atoms with E-state index in [-0.39, 0.29) is 6.04 Å². The summed E-state index contributed by atoms with van der Waals surface area (Å²) in [4.78, 5) is 0. The van der Waals surface area contributed by atoms with E-state index in [2.05, 4.69) is 10.6 Å². The lowest BCUT2D eigenvalue weighted by molar-refractivity contribution is 0.145. The van der Waals surface area contributed by atoms with Crippen LogP contribution in [-0.2, 0) is 0 Å². The molecule has 0 aromatic heterocycles. The zero-order valence-electron chi connectivity index (χ0n) is 11.3. The van der Waals surface area contributed by atoms with E-state index < -0.39 is 6.10 Å². The fourth-order valence-electron chi connectivity index (χ4n) is 1.91. The fraction of sp³-hybridized carbons (Fsp3) is 0.188. The molecule has 0 spiro atoms. The molecule has 0 aliphatic carbocycles. The zero-order chi connectivity index (χ0) is 14.4. The SMILES string of the molecule is C[C@H](NC(=S)Nc1ccccc1)[C@@H](O)c1ccccc1. The molecule has 0 aliphatic rings. The van der Waals surface area contributed by atoms with Gasteiger partial charge in [-0.25, -0.2) is 0 Å². The van der Waals surface area contributed by atoms with Gasteiger partial charge < -0.3 is 15.7 Å². The number of aliphatic hydroxyl groups excluding tert-OH is 1. The molecule has 3 nitrogen and oxygen atoms in total. The first-order valence-corrected chi connectivity index (χ1v) is 6.93. The minimum Gasteiger partial charge on any atom is -0.386 e. The Morgan fingerprint density at radius 3 is 2.15 bits per heavy atom. The summed E-state index contributed by atoms with van der Waals surface area (Å²) < 4.78 is 0. The van der Waals surface area contributed by atoms with Gasteiger partial charge in [-0.3, -0.25) is 0 Å². The van der Waals surface area contributed by atoms with E-state index in [1.165, 1.54) is 0 Å². The Balaban J connectivity index is 1.91. The number of aliphatic hydroxyl groups is 1. The van der Waals surface area contributed by atoms with Gasteiger partial charge in [-0.15, -0.1) is 0 Å². The molecule has 0 saturated heterocycles. The number of para-hydroxylation sites is 1. The summed E-state index contributed by atoms with van der Waals surface area (Å²) in [5.74, 6) is 0. The Labute approximate surface area is 124 Å². The second kappa shape index (κ2) is 7.03. The molecule has 0 aliphatic heterocycles. The lowest BCUT2D eigenvalue weighted by Crippen LogP contribution is -2.39. The molecule has 0 amide bonds. The maximum absolute atomic E-state index is 10.3. The maximum atomic E-state index is 10.3. The van der Waals surface area contributed by atoms with Crippen LogP contribution in [0.3, 0.4) is 0 Å². The molecule has 2 aromatic rings. The molecule has 2 atom stereocenters. The van der Waals surface area contributed by atoms with Crippen molar-refractivity contribution in [2.75, 3.05) is 5.32 Å². The highest BCUT2D eigenvalue weighted by Crippen LogP contribution is 2.16. The van der Waals surface area contributed by atoms with Crippen LogP contribution in [0.15, 0.2) is 60.7 Å². The Kier molecular flexibility index (Phi) is 5.09. The number of hydrogen-bond acceptors (Lipinski definition) is 2. The molecule has 0 heterocycles. The average molecular weight is 286 g/mol. The molecule has 0 fully saturated rings. The third kappa shape index (κ3) is 4.05. The summed E-state index contributed by atoms with van der Waals surface area (Å²) >= 11 is 5.25. The van der Waals surface area contributed by atoms with E-state index in [1.807, 2.05) is 67.6 Å². The van der Waals surface area contributed by atoms with Crippen molar-refractivity contribution in [2.45, 2.75) is 19.1 Å². The van der Waals surface area contributed by atoms with Crippen LogP contribution in [0.25, 0.3) is 0 Å². The molecule has 2 rings (SSSR count). The highest BCUT2D eigenvalue weighted by molar-refractivity contribution is 7.80. The number of nitrogens with one attached hydrogen (secondary N) is 2. The van der Waals surface area contributed by atoms with Crippen molar-refractivity contribution in [3.8, 4) is 0 Å². The molecular formula is C16H18N2OS. The summed E-state index contributed by atoms with van der Waals surface area (Å²) in [5.41, 5.74) is 1.79. The topological polar surface area (TPSA) is 44.3 Å². The van der Waals surface area contributed by atoms with Crippen LogP contribution in [0, 0.1) is 0 Å². The second-order valence-electron chi connectivity index (χ2n) is 4.61. The lowest BCUT2D eigenvalue weighted by atomic mass is 10.0. The summed E-state index contributed by atoms with van der Waals surface area (Å²) in [6, 6.07) is 19.1. The van der Waals surface area contributed by atoms with Crippen LogP contribution in [0.4, 0.5) is 5.69 Å². The van der Waals surface area contributed by atoms with Crippen molar-refractivity contribution in [3.05, 3.63) is 66.2 Å². The summed E-state index contributed by atoms with van der Waals surface area (Å²) in [7, 11) is 0. The van der Waals surface area contributed by atoms with Crippen LogP contribution in [0.5, 0.6) is 0 Å². The first-order chi connectivity index (χ1) is 9.66. The largest absolute Gasteiger partial charge is 0.386 e. The van der Waals surface area contributed by atoms with Crippen LogP contribution in [-0.4, -0.2) is 16.3 Å². The predicted molar refractivity (Wildman–Crippen MR) is 86.7 cm³/mol. The normalized spacial score (nSPS) is 13.3. The van der Waals surface area contributed by atoms with Crippen LogP contribution < -0.4 is 10.6 Å². The van der Waals surface area contributed by atoms with Gasteiger partial charge in [-0.05, 0) is 36.8 Å². The third-order valence-corrected chi connectivity index (χ3v) is 3.23. The van der Waals surface area contributed by atoms with Gasteiger partial charge in [0.25, 0.3) is 0 Å². The number of anilines is 1. The fourth-order valence-corrected chi connectivity index (χ4v) is 2.22. The van der Waals surface area contributed by atoms with Crippen molar-refractivity contribution >= 4 is 23.0 Å². The molecule has 0 unspecified atom stereocenters. The highest BCUT2D eigenvalue weighted by atomic mass is 32.1. The molecule has 20 heavy (non-hydrogen) atoms. The Bertz CT molecular complexity index is 545. The molecule has 104 valence electrons. The minimum atomic E-state index is -0.605. The van der Waals surface area contributed by atoms with Crippen molar-refractivity contribution in [1.82, 2.24) is 5.32 Å². The lowest BCUT2D eigenvalue weighted by Gasteiger charge is -2.22. The van der Waals surface area contributed by atoms with Crippen molar-refractivity contribution in [1.29, 1.82) is 0 Å². The summed E-state index contributed by atoms with van der Waals surface area (Å²) in [6.45, 7) is 1.90. The molecule has 3 N–H and O–H groups in total. The first kappa shape index (κ1) is 14.5. The smallest absolute Gasteiger partial charge is 0.171 e. The molecule has 4 heteroatoms. The monoisotopic (exact) mass is 286 g/mol. The van der Waals surface area contributed by atoms with E-state index in [9.17, 15) is 5.11 Å². The van der Waals surface area contributed by atoms with E-state index in [4.69, 9.17) is 12.2 Å². The van der Waals surface area contributed by atoms with E-state index in [1.54, 1.807) is 0 Å². The molecule has 0 radical (unpaired) electrons. The Morgan fingerprint density at radius 2 is 1.55 bits per heavy atom. The number of rotatable bonds is 4. The minimum absolute atomic E-state index is 0.180. The average Bonchev–Trinajstić information content (AvgIpc) is 2.48. The molecule has 2 aromatic carbocycles. The van der Waals surface area contributed by atoms with Crippen LogP contribution >= 0.6 is 12.2 Å². The maximum Gasteiger partial charge on any atom is 0.171 e. The second-order valence-corrected chi connectivity index (χ2v) is 5.02. The van der Waals surface area contributed by atoms with Gasteiger partial charge in [0.05, 0.1) is 12.1 Å². The van der Waals surface area contributed by atoms with Gasteiger partial charge in [0.1, 0.15) is 0 Å². The van der Waals surface area contributed by atoms with E-state index >= 15 is 0 Å². The molecule has 0 bridgehead atoms. The first-order valence-electron chi connectivity index (χ1n) is 6.52. The van der Waals surface area contributed by atoms with Gasteiger partial charge in [-0.2, -0.15) is 0 Å². The molecular weight excluding hydrogens is 268 g/mol. The van der Waals surface area contributed by atoms with Gasteiger partial charge in [-0.1, -0.05) is 48.5 Å². The number of hydrogen-bond donors (Lipinski definition) is 3. The van der Waals surface area contributed by atoms with Crippen molar-refractivity contribution in [2.24, 2.45) is 0 Å². The van der Waals surface area contributed by atoms with Crippen LogP contribution in [0.2, 0.25) is 0 Å². The third-order valence-electron chi connectivity index (χ3n) is 3.01. The van der Waals surface area contributed by atoms with Gasteiger partial charge in [0.15, 0.2) is 5.11 Å². The highest BCUT2D eigenvalue weighted by Gasteiger charge is 2.16. The van der Waals surface area contributed by atoms with Crippen molar-refractivity contribution in [3.63, 3.8) is 0 Å². The van der Waals surface area contributed by atoms with Gasteiger partial charge >= 0.3 is 0 Å². The number of benzene rings is 2. The summed E-state index contributed by atoms with van der Waals surface area (Å²) in [5, 5.41) is 16.9. The zero-order valence-corrected chi connectivity index (χ0v) is 12.1. The standard InChI is InChI=1S/C16H18N2OS/c1-12(15(19)13-8-4-2-5-9-13)17-16(20)18-14-10-6-3-7-11-14/h2-12,15,19H,1H3,(H2,17,18,20)/t12-,15+/m0/s1. The number of thiocarbonyl (C=S) groups is 1. The van der Waals surface area contributed by atoms with Crippen LogP contribution in [0.1, 0.15) is 18.6 Å². The van der Waals surface area contributed by atoms with E-state index in [0.717, 1.165) is 11.3 Å². The Hall–Kier alpha value is -1.91. The Morgan fingerprint density at radius 1 is 1.00 bits per heavy atom. The quantitative estimate of drug-likeness (QED) is 0.756.